The highest BCUT2D eigenvalue weighted by molar-refractivity contribution is 5.77. The van der Waals surface area contributed by atoms with Crippen LogP contribution in [0, 0.1) is 0 Å². The number of carbonyl (C=O) groups excluding carboxylic acids is 1. The summed E-state index contributed by atoms with van der Waals surface area (Å²) in [6, 6.07) is 17.4. The highest BCUT2D eigenvalue weighted by atomic mass is 16.5. The van der Waals surface area contributed by atoms with E-state index in [1.165, 1.54) is 0 Å². The number of carbonyl (C=O) groups is 1. The van der Waals surface area contributed by atoms with Crippen molar-refractivity contribution in [2.75, 3.05) is 39.3 Å². The zero-order chi connectivity index (χ0) is 18.2. The minimum atomic E-state index is 0.0464. The van der Waals surface area contributed by atoms with Crippen LogP contribution in [-0.4, -0.2) is 55.0 Å². The number of hydrogen-bond donors (Lipinski definition) is 0. The van der Waals surface area contributed by atoms with E-state index in [-0.39, 0.29) is 12.5 Å². The van der Waals surface area contributed by atoms with Gasteiger partial charge in [0.25, 0.3) is 5.91 Å². The summed E-state index contributed by atoms with van der Waals surface area (Å²) in [5.74, 6) is 1.51. The molecule has 0 radical (unpaired) electrons. The molecule has 0 N–H and O–H groups in total. The van der Waals surface area contributed by atoms with E-state index >= 15 is 0 Å². The van der Waals surface area contributed by atoms with Crippen LogP contribution < -0.4 is 9.47 Å². The second-order valence-electron chi connectivity index (χ2n) is 6.35. The van der Waals surface area contributed by atoms with Crippen molar-refractivity contribution < 1.29 is 14.3 Å². The second kappa shape index (κ2) is 9.25. The van der Waals surface area contributed by atoms with Crippen LogP contribution in [0.2, 0.25) is 0 Å². The van der Waals surface area contributed by atoms with E-state index in [2.05, 4.69) is 11.8 Å². The fourth-order valence-electron chi connectivity index (χ4n) is 2.92. The maximum atomic E-state index is 12.3. The molecule has 3 rings (SSSR count). The van der Waals surface area contributed by atoms with Crippen LogP contribution >= 0.6 is 0 Å². The Balaban J connectivity index is 1.42. The number of piperazine rings is 1. The van der Waals surface area contributed by atoms with Crippen molar-refractivity contribution >= 4 is 5.91 Å². The van der Waals surface area contributed by atoms with Crippen LogP contribution in [0.5, 0.6) is 11.5 Å². The van der Waals surface area contributed by atoms with Crippen molar-refractivity contribution in [3.05, 3.63) is 60.2 Å². The molecule has 0 aliphatic carbocycles. The molecule has 1 aliphatic heterocycles. The molecule has 2 aromatic carbocycles. The van der Waals surface area contributed by atoms with Gasteiger partial charge < -0.3 is 19.3 Å². The third-order valence-electron chi connectivity index (χ3n) is 4.61. The summed E-state index contributed by atoms with van der Waals surface area (Å²) in [5.41, 5.74) is 1.13. The molecule has 0 saturated carbocycles. The van der Waals surface area contributed by atoms with Gasteiger partial charge in [-0.15, -0.1) is 0 Å². The van der Waals surface area contributed by atoms with Crippen molar-refractivity contribution in [3.63, 3.8) is 0 Å². The largest absolute Gasteiger partial charge is 0.489 e. The third kappa shape index (κ3) is 5.23. The molecule has 138 valence electrons. The van der Waals surface area contributed by atoms with Gasteiger partial charge >= 0.3 is 0 Å². The molecule has 1 aliphatic rings. The van der Waals surface area contributed by atoms with Crippen molar-refractivity contribution in [1.29, 1.82) is 0 Å². The summed E-state index contributed by atoms with van der Waals surface area (Å²) in [6.07, 6.45) is 0. The fraction of sp³-hybridized carbons (Fsp3) is 0.381. The van der Waals surface area contributed by atoms with E-state index < -0.39 is 0 Å². The van der Waals surface area contributed by atoms with Crippen molar-refractivity contribution in [2.24, 2.45) is 0 Å². The lowest BCUT2D eigenvalue weighted by molar-refractivity contribution is -0.135. The van der Waals surface area contributed by atoms with Gasteiger partial charge in [0.2, 0.25) is 0 Å². The Morgan fingerprint density at radius 1 is 0.885 bits per heavy atom. The van der Waals surface area contributed by atoms with E-state index in [0.29, 0.717) is 12.4 Å². The highest BCUT2D eigenvalue weighted by Crippen LogP contribution is 2.19. The van der Waals surface area contributed by atoms with Gasteiger partial charge in [-0.2, -0.15) is 0 Å². The van der Waals surface area contributed by atoms with E-state index in [1.54, 1.807) is 0 Å². The number of likely N-dealkylation sites (N-methyl/N-ethyl adjacent to an activating group) is 1. The van der Waals surface area contributed by atoms with Crippen molar-refractivity contribution in [3.8, 4) is 11.5 Å². The average Bonchev–Trinajstić information content (AvgIpc) is 2.72. The number of rotatable bonds is 7. The topological polar surface area (TPSA) is 42.0 Å². The number of hydrogen-bond acceptors (Lipinski definition) is 4. The summed E-state index contributed by atoms with van der Waals surface area (Å²) in [4.78, 5) is 16.5. The van der Waals surface area contributed by atoms with Crippen molar-refractivity contribution in [1.82, 2.24) is 9.80 Å². The average molecular weight is 354 g/mol. The Hall–Kier alpha value is -2.53. The Morgan fingerprint density at radius 3 is 2.12 bits per heavy atom. The Kier molecular flexibility index (Phi) is 6.50. The van der Waals surface area contributed by atoms with Crippen LogP contribution in [-0.2, 0) is 11.4 Å². The molecular formula is C21H26N2O3. The smallest absolute Gasteiger partial charge is 0.260 e. The molecule has 0 atom stereocenters. The highest BCUT2D eigenvalue weighted by Gasteiger charge is 2.20. The Labute approximate surface area is 155 Å². The quantitative estimate of drug-likeness (QED) is 0.767. The van der Waals surface area contributed by atoms with Gasteiger partial charge in [-0.3, -0.25) is 4.79 Å². The SMILES string of the molecule is CCN1CCN(C(=O)COc2ccc(OCc3ccccc3)cc2)CC1. The third-order valence-corrected chi connectivity index (χ3v) is 4.61. The molecule has 2 aromatic rings. The van der Waals surface area contributed by atoms with E-state index in [9.17, 15) is 4.79 Å². The van der Waals surface area contributed by atoms with E-state index in [4.69, 9.17) is 9.47 Å². The molecule has 1 amide bonds. The lowest BCUT2D eigenvalue weighted by atomic mass is 10.2. The molecule has 5 heteroatoms. The molecule has 1 heterocycles. The Bertz CT molecular complexity index is 680. The second-order valence-corrected chi connectivity index (χ2v) is 6.35. The van der Waals surface area contributed by atoms with Crippen LogP contribution in [0.25, 0.3) is 0 Å². The maximum absolute atomic E-state index is 12.3. The maximum Gasteiger partial charge on any atom is 0.260 e. The molecule has 1 saturated heterocycles. The molecule has 26 heavy (non-hydrogen) atoms. The van der Waals surface area contributed by atoms with Gasteiger partial charge in [-0.05, 0) is 36.4 Å². The minimum Gasteiger partial charge on any atom is -0.489 e. The van der Waals surface area contributed by atoms with Crippen LogP contribution in [0.15, 0.2) is 54.6 Å². The summed E-state index contributed by atoms with van der Waals surface area (Å²) < 4.78 is 11.4. The van der Waals surface area contributed by atoms with Gasteiger partial charge in [0.1, 0.15) is 18.1 Å². The first-order chi connectivity index (χ1) is 12.7. The monoisotopic (exact) mass is 354 g/mol. The summed E-state index contributed by atoms with van der Waals surface area (Å²) in [5, 5.41) is 0. The van der Waals surface area contributed by atoms with Gasteiger partial charge in [0.15, 0.2) is 6.61 Å². The van der Waals surface area contributed by atoms with Crippen LogP contribution in [0.1, 0.15) is 12.5 Å². The normalized spacial score (nSPS) is 14.9. The van der Waals surface area contributed by atoms with Gasteiger partial charge in [-0.25, -0.2) is 0 Å². The number of ether oxygens (including phenoxy) is 2. The molecule has 0 aromatic heterocycles. The summed E-state index contributed by atoms with van der Waals surface area (Å²) >= 11 is 0. The molecule has 0 unspecified atom stereocenters. The predicted molar refractivity (Wildman–Crippen MR) is 101 cm³/mol. The predicted octanol–water partition coefficient (Wildman–Crippen LogP) is 2.81. The zero-order valence-corrected chi connectivity index (χ0v) is 15.3. The van der Waals surface area contributed by atoms with Gasteiger partial charge in [0.05, 0.1) is 0 Å². The molecular weight excluding hydrogens is 328 g/mol. The van der Waals surface area contributed by atoms with E-state index in [0.717, 1.165) is 44.0 Å². The van der Waals surface area contributed by atoms with Gasteiger partial charge in [0, 0.05) is 26.2 Å². The molecule has 5 nitrogen and oxygen atoms in total. The number of nitrogens with zero attached hydrogens (tertiary/aromatic N) is 2. The number of benzene rings is 2. The standard InChI is InChI=1S/C21H26N2O3/c1-2-22-12-14-23(15-13-22)21(24)17-26-20-10-8-19(9-11-20)25-16-18-6-4-3-5-7-18/h3-11H,2,12-17H2,1H3. The molecule has 0 spiro atoms. The lowest BCUT2D eigenvalue weighted by Gasteiger charge is -2.33. The first kappa shape index (κ1) is 18.3. The minimum absolute atomic E-state index is 0.0464. The zero-order valence-electron chi connectivity index (χ0n) is 15.3. The lowest BCUT2D eigenvalue weighted by Crippen LogP contribution is -2.49. The Morgan fingerprint density at radius 2 is 1.50 bits per heavy atom. The van der Waals surface area contributed by atoms with Crippen LogP contribution in [0.4, 0.5) is 0 Å². The van der Waals surface area contributed by atoms with Crippen molar-refractivity contribution in [2.45, 2.75) is 13.5 Å². The number of amides is 1. The fourth-order valence-corrected chi connectivity index (χ4v) is 2.92. The van der Waals surface area contributed by atoms with Gasteiger partial charge in [-0.1, -0.05) is 37.3 Å². The molecule has 1 fully saturated rings. The first-order valence-electron chi connectivity index (χ1n) is 9.14. The van der Waals surface area contributed by atoms with Crippen LogP contribution in [0.3, 0.4) is 0 Å². The first-order valence-corrected chi connectivity index (χ1v) is 9.14. The summed E-state index contributed by atoms with van der Waals surface area (Å²) in [7, 11) is 0. The van der Waals surface area contributed by atoms with E-state index in [1.807, 2.05) is 59.5 Å². The summed E-state index contributed by atoms with van der Waals surface area (Å²) in [6.45, 7) is 7.24. The molecule has 0 bridgehead atoms.